The minimum atomic E-state index is 0.238. The van der Waals surface area contributed by atoms with E-state index in [1.165, 1.54) is 0 Å². The maximum Gasteiger partial charge on any atom is 0.236 e. The summed E-state index contributed by atoms with van der Waals surface area (Å²) in [6.07, 6.45) is 6.90. The van der Waals surface area contributed by atoms with E-state index in [0.717, 1.165) is 25.7 Å². The van der Waals surface area contributed by atoms with Gasteiger partial charge in [-0.25, -0.2) is 0 Å². The van der Waals surface area contributed by atoms with Crippen molar-refractivity contribution in [3.8, 4) is 0 Å². The summed E-state index contributed by atoms with van der Waals surface area (Å²) in [4.78, 5) is 15.6. The molecule has 0 unspecified atom stereocenters. The lowest BCUT2D eigenvalue weighted by atomic mass is 9.94. The van der Waals surface area contributed by atoms with Crippen molar-refractivity contribution in [1.82, 2.24) is 9.80 Å². The van der Waals surface area contributed by atoms with E-state index in [1.54, 1.807) is 0 Å². The van der Waals surface area contributed by atoms with Gasteiger partial charge in [-0.15, -0.1) is 0 Å². The number of carbonyl (C=O) groups is 1. The molecule has 1 aliphatic rings. The minimum absolute atomic E-state index is 0.238. The van der Waals surface area contributed by atoms with Crippen LogP contribution in [0.3, 0.4) is 0 Å². The third-order valence-corrected chi connectivity index (χ3v) is 2.80. The number of hydrogen-bond acceptors (Lipinski definition) is 2. The first-order chi connectivity index (χ1) is 6.61. The molecule has 0 saturated heterocycles. The lowest BCUT2D eigenvalue weighted by Crippen LogP contribution is -2.42. The molecule has 1 aliphatic carbocycles. The zero-order chi connectivity index (χ0) is 10.6. The van der Waals surface area contributed by atoms with E-state index >= 15 is 0 Å². The van der Waals surface area contributed by atoms with Crippen molar-refractivity contribution in [2.24, 2.45) is 0 Å². The molecule has 3 nitrogen and oxygen atoms in total. The monoisotopic (exact) mass is 197 g/mol. The summed E-state index contributed by atoms with van der Waals surface area (Å²) in [6, 6.07) is 0.465. The molecule has 3 heteroatoms. The molecular formula is C11H21N2O. The largest absolute Gasteiger partial charge is 0.342 e. The summed E-state index contributed by atoms with van der Waals surface area (Å²) < 4.78 is 0. The highest BCUT2D eigenvalue weighted by molar-refractivity contribution is 5.78. The van der Waals surface area contributed by atoms with E-state index < -0.39 is 0 Å². The zero-order valence-corrected chi connectivity index (χ0v) is 9.49. The standard InChI is InChI=1S/C11H21N2O/c1-12(2)9-11(14)13(3)10-7-5-4-6-8-10/h4,10H,5-9H2,1-3H3. The van der Waals surface area contributed by atoms with E-state index in [0.29, 0.717) is 12.6 Å². The summed E-state index contributed by atoms with van der Waals surface area (Å²) in [5.74, 6) is 0.238. The van der Waals surface area contributed by atoms with Gasteiger partial charge < -0.3 is 9.80 Å². The number of amides is 1. The lowest BCUT2D eigenvalue weighted by molar-refractivity contribution is -0.133. The van der Waals surface area contributed by atoms with Crippen LogP contribution in [0.5, 0.6) is 0 Å². The van der Waals surface area contributed by atoms with Gasteiger partial charge in [-0.05, 0) is 46.2 Å². The van der Waals surface area contributed by atoms with Crippen LogP contribution in [0.2, 0.25) is 0 Å². The second-order valence-corrected chi connectivity index (χ2v) is 4.34. The van der Waals surface area contributed by atoms with Crippen LogP contribution in [-0.4, -0.2) is 49.4 Å². The molecule has 1 fully saturated rings. The number of likely N-dealkylation sites (N-methyl/N-ethyl adjacent to an activating group) is 2. The van der Waals surface area contributed by atoms with Gasteiger partial charge in [0.2, 0.25) is 5.91 Å². The fourth-order valence-corrected chi connectivity index (χ4v) is 1.88. The molecule has 81 valence electrons. The molecule has 0 aromatic carbocycles. The van der Waals surface area contributed by atoms with Crippen molar-refractivity contribution < 1.29 is 4.79 Å². The minimum Gasteiger partial charge on any atom is -0.342 e. The van der Waals surface area contributed by atoms with Crippen molar-refractivity contribution in [2.75, 3.05) is 27.7 Å². The van der Waals surface area contributed by atoms with Crippen LogP contribution < -0.4 is 0 Å². The molecular weight excluding hydrogens is 176 g/mol. The van der Waals surface area contributed by atoms with Crippen molar-refractivity contribution in [3.63, 3.8) is 0 Å². The molecule has 0 aliphatic heterocycles. The van der Waals surface area contributed by atoms with Crippen LogP contribution in [-0.2, 0) is 4.79 Å². The molecule has 1 amide bonds. The van der Waals surface area contributed by atoms with Gasteiger partial charge >= 0.3 is 0 Å². The van der Waals surface area contributed by atoms with Crippen molar-refractivity contribution in [3.05, 3.63) is 6.42 Å². The van der Waals surface area contributed by atoms with E-state index in [-0.39, 0.29) is 5.91 Å². The predicted molar refractivity (Wildman–Crippen MR) is 57.9 cm³/mol. The molecule has 0 bridgehead atoms. The van der Waals surface area contributed by atoms with Crippen LogP contribution >= 0.6 is 0 Å². The molecule has 0 N–H and O–H groups in total. The van der Waals surface area contributed by atoms with E-state index in [1.807, 2.05) is 30.9 Å². The number of rotatable bonds is 3. The summed E-state index contributed by atoms with van der Waals surface area (Å²) in [7, 11) is 5.79. The molecule has 0 spiro atoms. The van der Waals surface area contributed by atoms with Gasteiger partial charge in [-0.1, -0.05) is 0 Å². The van der Waals surface area contributed by atoms with Crippen LogP contribution in [0.1, 0.15) is 25.7 Å². The summed E-state index contributed by atoms with van der Waals surface area (Å²) >= 11 is 0. The Balaban J connectivity index is 2.38. The maximum absolute atomic E-state index is 11.7. The summed E-state index contributed by atoms with van der Waals surface area (Å²) in [6.45, 7) is 0.525. The number of hydrogen-bond donors (Lipinski definition) is 0. The smallest absolute Gasteiger partial charge is 0.236 e. The molecule has 0 aromatic rings. The molecule has 0 atom stereocenters. The number of carbonyl (C=O) groups excluding carboxylic acids is 1. The van der Waals surface area contributed by atoms with Crippen molar-refractivity contribution >= 4 is 5.91 Å². The van der Waals surface area contributed by atoms with E-state index in [9.17, 15) is 4.79 Å². The quantitative estimate of drug-likeness (QED) is 0.677. The molecule has 1 radical (unpaired) electrons. The Morgan fingerprint density at radius 1 is 1.29 bits per heavy atom. The zero-order valence-electron chi connectivity index (χ0n) is 9.49. The van der Waals surface area contributed by atoms with Gasteiger partial charge in [0.1, 0.15) is 0 Å². The number of nitrogens with zero attached hydrogens (tertiary/aromatic N) is 2. The Hall–Kier alpha value is -0.570. The summed E-state index contributed by atoms with van der Waals surface area (Å²) in [5, 5.41) is 0. The van der Waals surface area contributed by atoms with Crippen LogP contribution in [0.15, 0.2) is 0 Å². The highest BCUT2D eigenvalue weighted by Crippen LogP contribution is 2.20. The molecule has 0 aromatic heterocycles. The Morgan fingerprint density at radius 2 is 1.86 bits per heavy atom. The van der Waals surface area contributed by atoms with Crippen LogP contribution in [0.4, 0.5) is 0 Å². The van der Waals surface area contributed by atoms with Gasteiger partial charge in [0.15, 0.2) is 0 Å². The topological polar surface area (TPSA) is 23.6 Å². The Morgan fingerprint density at radius 3 is 2.36 bits per heavy atom. The first kappa shape index (κ1) is 11.5. The third-order valence-electron chi connectivity index (χ3n) is 2.80. The lowest BCUT2D eigenvalue weighted by Gasteiger charge is -2.31. The van der Waals surface area contributed by atoms with Gasteiger partial charge in [0.25, 0.3) is 0 Å². The fraction of sp³-hybridized carbons (Fsp3) is 0.818. The normalized spacial score (nSPS) is 18.6. The summed E-state index contributed by atoms with van der Waals surface area (Å²) in [5.41, 5.74) is 0. The highest BCUT2D eigenvalue weighted by Gasteiger charge is 2.21. The Bertz CT molecular complexity index is 186. The first-order valence-electron chi connectivity index (χ1n) is 5.33. The molecule has 1 saturated carbocycles. The van der Waals surface area contributed by atoms with Crippen LogP contribution in [0.25, 0.3) is 0 Å². The van der Waals surface area contributed by atoms with Crippen molar-refractivity contribution in [2.45, 2.75) is 31.7 Å². The SMILES string of the molecule is CN(C)CC(=O)N(C)C1CC[CH]CC1. The Labute approximate surface area is 87.1 Å². The second-order valence-electron chi connectivity index (χ2n) is 4.34. The van der Waals surface area contributed by atoms with Gasteiger partial charge in [-0.3, -0.25) is 4.79 Å². The third kappa shape index (κ3) is 3.29. The maximum atomic E-state index is 11.7. The average Bonchev–Trinajstić information content (AvgIpc) is 2.17. The van der Waals surface area contributed by atoms with Crippen LogP contribution in [0, 0.1) is 6.42 Å². The fourth-order valence-electron chi connectivity index (χ4n) is 1.88. The van der Waals surface area contributed by atoms with E-state index in [4.69, 9.17) is 0 Å². The van der Waals surface area contributed by atoms with Gasteiger partial charge in [0, 0.05) is 13.1 Å². The van der Waals surface area contributed by atoms with E-state index in [2.05, 4.69) is 6.42 Å². The Kier molecular flexibility index (Phi) is 4.39. The first-order valence-corrected chi connectivity index (χ1v) is 5.33. The van der Waals surface area contributed by atoms with Crippen molar-refractivity contribution in [1.29, 1.82) is 0 Å². The van der Waals surface area contributed by atoms with Gasteiger partial charge in [0.05, 0.1) is 6.54 Å². The highest BCUT2D eigenvalue weighted by atomic mass is 16.2. The average molecular weight is 197 g/mol. The van der Waals surface area contributed by atoms with Gasteiger partial charge in [-0.2, -0.15) is 0 Å². The molecule has 0 heterocycles. The molecule has 1 rings (SSSR count). The second kappa shape index (κ2) is 5.35. The predicted octanol–water partition coefficient (Wildman–Crippen LogP) is 1.15. The molecule has 14 heavy (non-hydrogen) atoms.